The molecular formula is C22H32F2N4O4. The maximum Gasteiger partial charge on any atom is 0.407 e. The fraction of sp³-hybridized carbons (Fsp3) is 0.682. The van der Waals surface area contributed by atoms with Gasteiger partial charge in [-0.3, -0.25) is 14.7 Å². The highest BCUT2D eigenvalue weighted by Crippen LogP contribution is 2.42. The summed E-state index contributed by atoms with van der Waals surface area (Å²) in [5.74, 6) is -3.31. The summed E-state index contributed by atoms with van der Waals surface area (Å²) in [6, 6.07) is 0.519. The van der Waals surface area contributed by atoms with Gasteiger partial charge >= 0.3 is 6.09 Å². The smallest absolute Gasteiger partial charge is 0.407 e. The second kappa shape index (κ2) is 8.90. The molecule has 178 valence electrons. The third-order valence-corrected chi connectivity index (χ3v) is 6.39. The first-order valence-electron chi connectivity index (χ1n) is 10.9. The van der Waals surface area contributed by atoms with E-state index in [4.69, 9.17) is 0 Å². The monoisotopic (exact) mass is 454 g/mol. The quantitative estimate of drug-likeness (QED) is 0.686. The van der Waals surface area contributed by atoms with Gasteiger partial charge in [-0.1, -0.05) is 27.2 Å². The summed E-state index contributed by atoms with van der Waals surface area (Å²) in [6.45, 7) is 7.63. The van der Waals surface area contributed by atoms with E-state index >= 15 is 0 Å². The molecule has 2 N–H and O–H groups in total. The molecule has 0 aliphatic carbocycles. The Labute approximate surface area is 186 Å². The number of alkyl halides is 2. The van der Waals surface area contributed by atoms with Crippen LogP contribution in [0, 0.1) is 0 Å². The van der Waals surface area contributed by atoms with Gasteiger partial charge in [0, 0.05) is 49.3 Å². The molecule has 1 aromatic rings. The third kappa shape index (κ3) is 4.56. The molecule has 10 heteroatoms. The first-order valence-corrected chi connectivity index (χ1v) is 10.9. The van der Waals surface area contributed by atoms with E-state index in [2.05, 4.69) is 4.98 Å². The minimum absolute atomic E-state index is 0.0475. The number of carbonyl (C=O) groups excluding carboxylic acids is 1. The van der Waals surface area contributed by atoms with Crippen molar-refractivity contribution in [1.82, 2.24) is 14.8 Å². The molecule has 2 aliphatic heterocycles. The van der Waals surface area contributed by atoms with E-state index < -0.39 is 23.5 Å². The summed E-state index contributed by atoms with van der Waals surface area (Å²) in [6.07, 6.45) is 0.165. The second-order valence-corrected chi connectivity index (χ2v) is 9.46. The molecule has 0 spiro atoms. The molecule has 32 heavy (non-hydrogen) atoms. The number of aliphatic hydroxyl groups excluding tert-OH is 1. The Bertz CT molecular complexity index is 879. The van der Waals surface area contributed by atoms with Crippen LogP contribution in [0.3, 0.4) is 0 Å². The van der Waals surface area contributed by atoms with Gasteiger partial charge in [-0.2, -0.15) is 0 Å². The van der Waals surface area contributed by atoms with E-state index in [9.17, 15) is 28.6 Å². The molecule has 0 unspecified atom stereocenters. The zero-order chi connectivity index (χ0) is 23.8. The number of fused-ring (bicyclic) bond motifs is 1. The van der Waals surface area contributed by atoms with Gasteiger partial charge in [0.05, 0.1) is 30.6 Å². The van der Waals surface area contributed by atoms with Crippen molar-refractivity contribution in [3.8, 4) is 0 Å². The van der Waals surface area contributed by atoms with E-state index in [0.29, 0.717) is 30.9 Å². The number of aliphatic hydroxyl groups is 1. The number of anilines is 1. The number of carboxylic acid groups (broad SMARTS) is 1. The van der Waals surface area contributed by atoms with Crippen molar-refractivity contribution >= 4 is 17.7 Å². The minimum Gasteiger partial charge on any atom is -0.465 e. The maximum absolute atomic E-state index is 14.5. The summed E-state index contributed by atoms with van der Waals surface area (Å²) in [4.78, 5) is 33.5. The van der Waals surface area contributed by atoms with Crippen LogP contribution in [0.5, 0.6) is 0 Å². The standard InChI is InChI=1S/C22H32F2N4O4/c1-5-6-22(23,24)15-7-17-19(25-8-15)21(3,4)13-28(17)18(30)11-26-9-14(2)27(20(31)32)10-16(26)12-29/h7-8,14,16,29H,5-6,9-13H2,1-4H3,(H,31,32)/t14-,16-/m1/s1. The van der Waals surface area contributed by atoms with Gasteiger partial charge in [-0.05, 0) is 13.0 Å². The molecule has 2 aliphatic rings. The Hall–Kier alpha value is -2.33. The number of hydrogen-bond acceptors (Lipinski definition) is 5. The lowest BCUT2D eigenvalue weighted by Gasteiger charge is -2.43. The van der Waals surface area contributed by atoms with Crippen molar-refractivity contribution in [2.45, 2.75) is 64.0 Å². The van der Waals surface area contributed by atoms with Gasteiger partial charge in [-0.25, -0.2) is 13.6 Å². The summed E-state index contributed by atoms with van der Waals surface area (Å²) in [5.41, 5.74) is 0.302. The molecule has 1 aromatic heterocycles. The molecule has 0 bridgehead atoms. The highest BCUT2D eigenvalue weighted by atomic mass is 19.3. The zero-order valence-corrected chi connectivity index (χ0v) is 19.0. The lowest BCUT2D eigenvalue weighted by atomic mass is 9.91. The number of rotatable bonds is 6. The molecule has 0 saturated carbocycles. The number of carbonyl (C=O) groups is 2. The van der Waals surface area contributed by atoms with Crippen LogP contribution >= 0.6 is 0 Å². The van der Waals surface area contributed by atoms with Crippen LogP contribution in [0.4, 0.5) is 19.3 Å². The molecule has 0 radical (unpaired) electrons. The highest BCUT2D eigenvalue weighted by Gasteiger charge is 2.43. The predicted molar refractivity (Wildman–Crippen MR) is 115 cm³/mol. The topological polar surface area (TPSA) is 97.2 Å². The molecule has 2 amide bonds. The van der Waals surface area contributed by atoms with Crippen LogP contribution in [0.1, 0.15) is 51.8 Å². The van der Waals surface area contributed by atoms with E-state index in [-0.39, 0.29) is 43.6 Å². The fourth-order valence-electron chi connectivity index (χ4n) is 4.62. The van der Waals surface area contributed by atoms with Gasteiger partial charge in [-0.15, -0.1) is 0 Å². The van der Waals surface area contributed by atoms with E-state index in [0.717, 1.165) is 0 Å². The van der Waals surface area contributed by atoms with Crippen molar-refractivity contribution in [2.75, 3.05) is 37.7 Å². The van der Waals surface area contributed by atoms with Crippen molar-refractivity contribution < 1.29 is 28.6 Å². The maximum atomic E-state index is 14.5. The van der Waals surface area contributed by atoms with Gasteiger partial charge < -0.3 is 20.0 Å². The summed E-state index contributed by atoms with van der Waals surface area (Å²) in [7, 11) is 0. The second-order valence-electron chi connectivity index (χ2n) is 9.46. The van der Waals surface area contributed by atoms with Crippen LogP contribution in [-0.2, 0) is 16.1 Å². The van der Waals surface area contributed by atoms with E-state index in [1.54, 1.807) is 18.7 Å². The first kappa shape index (κ1) is 24.3. The molecular weight excluding hydrogens is 422 g/mol. The number of halogens is 2. The lowest BCUT2D eigenvalue weighted by Crippen LogP contribution is -2.61. The summed E-state index contributed by atoms with van der Waals surface area (Å²) >= 11 is 0. The number of amides is 2. The van der Waals surface area contributed by atoms with Crippen LogP contribution in [0.2, 0.25) is 0 Å². The zero-order valence-electron chi connectivity index (χ0n) is 19.0. The Morgan fingerprint density at radius 2 is 2.00 bits per heavy atom. The highest BCUT2D eigenvalue weighted by molar-refractivity contribution is 5.97. The normalized spacial score (nSPS) is 23.3. The number of hydrogen-bond donors (Lipinski definition) is 2. The minimum atomic E-state index is -3.02. The van der Waals surface area contributed by atoms with Crippen LogP contribution in [0.15, 0.2) is 12.3 Å². The Balaban J connectivity index is 1.85. The van der Waals surface area contributed by atoms with Crippen molar-refractivity contribution in [3.63, 3.8) is 0 Å². The van der Waals surface area contributed by atoms with Gasteiger partial charge in [0.1, 0.15) is 0 Å². The summed E-state index contributed by atoms with van der Waals surface area (Å²) in [5, 5.41) is 19.1. The molecule has 3 rings (SSSR count). The predicted octanol–water partition coefficient (Wildman–Crippen LogP) is 2.64. The number of aromatic nitrogens is 1. The average Bonchev–Trinajstić information content (AvgIpc) is 2.98. The van der Waals surface area contributed by atoms with E-state index in [1.165, 1.54) is 22.1 Å². The molecule has 8 nitrogen and oxygen atoms in total. The van der Waals surface area contributed by atoms with Gasteiger partial charge in [0.2, 0.25) is 5.91 Å². The average molecular weight is 455 g/mol. The largest absolute Gasteiger partial charge is 0.465 e. The third-order valence-electron chi connectivity index (χ3n) is 6.39. The number of pyridine rings is 1. The van der Waals surface area contributed by atoms with Gasteiger partial charge in [0.25, 0.3) is 5.92 Å². The number of nitrogens with zero attached hydrogens (tertiary/aromatic N) is 4. The van der Waals surface area contributed by atoms with Crippen LogP contribution in [0.25, 0.3) is 0 Å². The number of piperazine rings is 1. The van der Waals surface area contributed by atoms with Crippen molar-refractivity contribution in [3.05, 3.63) is 23.5 Å². The van der Waals surface area contributed by atoms with Crippen molar-refractivity contribution in [1.29, 1.82) is 0 Å². The molecule has 0 aromatic carbocycles. The van der Waals surface area contributed by atoms with E-state index in [1.807, 2.05) is 13.8 Å². The van der Waals surface area contributed by atoms with Crippen LogP contribution in [-0.4, -0.2) is 81.9 Å². The fourth-order valence-corrected chi connectivity index (χ4v) is 4.62. The van der Waals surface area contributed by atoms with Crippen LogP contribution < -0.4 is 4.90 Å². The lowest BCUT2D eigenvalue weighted by molar-refractivity contribution is -0.121. The summed E-state index contributed by atoms with van der Waals surface area (Å²) < 4.78 is 29.1. The Morgan fingerprint density at radius 3 is 2.59 bits per heavy atom. The molecule has 1 fully saturated rings. The molecule has 2 atom stereocenters. The van der Waals surface area contributed by atoms with Crippen molar-refractivity contribution in [2.24, 2.45) is 0 Å². The molecule has 1 saturated heterocycles. The Kier molecular flexibility index (Phi) is 6.76. The molecule has 3 heterocycles. The first-order chi connectivity index (χ1) is 14.9. The van der Waals surface area contributed by atoms with Gasteiger partial charge in [0.15, 0.2) is 0 Å². The SMILES string of the molecule is CCCC(F)(F)c1cnc2c(c1)N(C(=O)CN1C[C@@H](C)N(C(=O)O)C[C@@H]1CO)CC2(C)C. The Morgan fingerprint density at radius 1 is 1.31 bits per heavy atom.